The molecule has 3 heterocycles. The van der Waals surface area contributed by atoms with Gasteiger partial charge in [-0.05, 0) is 59.4 Å². The fourth-order valence-electron chi connectivity index (χ4n) is 5.17. The van der Waals surface area contributed by atoms with Gasteiger partial charge in [0.15, 0.2) is 0 Å². The number of hydrogen-bond acceptors (Lipinski definition) is 5. The average molecular weight is 459 g/mol. The molecule has 2 aromatic heterocycles. The van der Waals surface area contributed by atoms with E-state index in [1.807, 2.05) is 17.5 Å². The Morgan fingerprint density at radius 2 is 2.04 bits per heavy atom. The predicted octanol–water partition coefficient (Wildman–Crippen LogP) is 3.89. The summed E-state index contributed by atoms with van der Waals surface area (Å²) in [5.74, 6) is 0. The molecule has 2 aliphatic rings. The number of nitrogens with one attached hydrogen (secondary N) is 2. The molecule has 0 bridgehead atoms. The van der Waals surface area contributed by atoms with E-state index in [-0.39, 0.29) is 5.41 Å². The third kappa shape index (κ3) is 2.38. The second-order valence-electron chi connectivity index (χ2n) is 7.53. The van der Waals surface area contributed by atoms with E-state index in [9.17, 15) is 9.90 Å². The number of benzene rings is 1. The Labute approximate surface area is 174 Å². The number of halogens is 1. The van der Waals surface area contributed by atoms with Crippen LogP contribution < -0.4 is 10.6 Å². The Bertz CT molecular complexity index is 1080. The number of piperidine rings is 1. The summed E-state index contributed by atoms with van der Waals surface area (Å²) in [7, 11) is 0. The first-order chi connectivity index (χ1) is 13.6. The van der Waals surface area contributed by atoms with Crippen molar-refractivity contribution in [2.75, 3.05) is 13.1 Å². The van der Waals surface area contributed by atoms with E-state index in [4.69, 9.17) is 4.98 Å². The number of carbonyl (C=O) groups is 1. The summed E-state index contributed by atoms with van der Waals surface area (Å²) in [6, 6.07) is 8.19. The van der Waals surface area contributed by atoms with E-state index >= 15 is 0 Å². The standard InChI is InChI=1S/C20H19BrN4O2S/c21-14-10-28-16-15(14)23-11-24-17(16)20(25-18(26)27)13-4-2-1-3-12(13)9-19(20)5-7-22-8-6-19/h1-4,10-11,22,25H,5-9H2,(H,26,27). The maximum atomic E-state index is 12.1. The Balaban J connectivity index is 1.88. The van der Waals surface area contributed by atoms with Crippen LogP contribution in [0, 0.1) is 5.41 Å². The van der Waals surface area contributed by atoms with Crippen molar-refractivity contribution in [3.05, 3.63) is 57.3 Å². The fourth-order valence-corrected chi connectivity index (χ4v) is 6.80. The first-order valence-corrected chi connectivity index (χ1v) is 10.9. The van der Waals surface area contributed by atoms with Crippen LogP contribution in [0.2, 0.25) is 0 Å². The van der Waals surface area contributed by atoms with Crippen LogP contribution in [0.4, 0.5) is 4.79 Å². The molecule has 1 aromatic carbocycles. The van der Waals surface area contributed by atoms with Gasteiger partial charge in [0.2, 0.25) is 0 Å². The van der Waals surface area contributed by atoms with Gasteiger partial charge >= 0.3 is 6.09 Å². The van der Waals surface area contributed by atoms with E-state index in [1.54, 1.807) is 17.7 Å². The van der Waals surface area contributed by atoms with Crippen molar-refractivity contribution in [1.29, 1.82) is 0 Å². The van der Waals surface area contributed by atoms with Crippen molar-refractivity contribution in [3.8, 4) is 0 Å². The number of hydrogen-bond donors (Lipinski definition) is 3. The van der Waals surface area contributed by atoms with E-state index in [0.717, 1.165) is 58.3 Å². The number of fused-ring (bicyclic) bond motifs is 2. The molecule has 1 amide bonds. The van der Waals surface area contributed by atoms with Crippen molar-refractivity contribution in [2.45, 2.75) is 24.8 Å². The molecule has 3 aromatic rings. The number of carboxylic acid groups (broad SMARTS) is 1. The Hall–Kier alpha value is -2.03. The number of rotatable bonds is 2. The summed E-state index contributed by atoms with van der Waals surface area (Å²) in [5.41, 5.74) is 2.64. The van der Waals surface area contributed by atoms with Crippen LogP contribution in [-0.2, 0) is 12.0 Å². The minimum atomic E-state index is -1.03. The highest BCUT2D eigenvalue weighted by atomic mass is 79.9. The van der Waals surface area contributed by atoms with Crippen LogP contribution in [-0.4, -0.2) is 34.3 Å². The van der Waals surface area contributed by atoms with Gasteiger partial charge in [0.05, 0.1) is 20.4 Å². The van der Waals surface area contributed by atoms with Gasteiger partial charge in [-0.15, -0.1) is 11.3 Å². The van der Waals surface area contributed by atoms with E-state index in [2.05, 4.69) is 43.7 Å². The van der Waals surface area contributed by atoms with E-state index < -0.39 is 11.6 Å². The molecule has 0 radical (unpaired) electrons. The summed E-state index contributed by atoms with van der Waals surface area (Å²) >= 11 is 5.13. The van der Waals surface area contributed by atoms with Gasteiger partial charge in [-0.1, -0.05) is 24.3 Å². The maximum Gasteiger partial charge on any atom is 0.405 e. The van der Waals surface area contributed by atoms with Crippen molar-refractivity contribution in [3.63, 3.8) is 0 Å². The van der Waals surface area contributed by atoms with Crippen LogP contribution in [0.3, 0.4) is 0 Å². The average Bonchev–Trinajstić information content (AvgIpc) is 3.19. The third-order valence-electron chi connectivity index (χ3n) is 6.27. The van der Waals surface area contributed by atoms with Crippen LogP contribution in [0.25, 0.3) is 10.2 Å². The molecule has 1 saturated heterocycles. The topological polar surface area (TPSA) is 87.1 Å². The van der Waals surface area contributed by atoms with Gasteiger partial charge in [0.25, 0.3) is 0 Å². The molecule has 1 aliphatic carbocycles. The predicted molar refractivity (Wildman–Crippen MR) is 112 cm³/mol. The Morgan fingerprint density at radius 3 is 2.82 bits per heavy atom. The van der Waals surface area contributed by atoms with Crippen LogP contribution >= 0.6 is 27.3 Å². The lowest BCUT2D eigenvalue weighted by atomic mass is 9.63. The molecular formula is C20H19BrN4O2S. The Kier molecular flexibility index (Phi) is 4.19. The van der Waals surface area contributed by atoms with Gasteiger partial charge in [-0.25, -0.2) is 14.8 Å². The lowest BCUT2D eigenvalue weighted by Gasteiger charge is -2.48. The molecular weight excluding hydrogens is 440 g/mol. The van der Waals surface area contributed by atoms with E-state index in [1.165, 1.54) is 5.56 Å². The molecule has 1 aliphatic heterocycles. The summed E-state index contributed by atoms with van der Waals surface area (Å²) in [6.45, 7) is 1.72. The Morgan fingerprint density at radius 1 is 1.25 bits per heavy atom. The molecule has 6 nitrogen and oxygen atoms in total. The van der Waals surface area contributed by atoms with Crippen molar-refractivity contribution >= 4 is 43.6 Å². The van der Waals surface area contributed by atoms with Gasteiger partial charge in [0.1, 0.15) is 11.9 Å². The summed E-state index contributed by atoms with van der Waals surface area (Å²) in [5, 5.41) is 18.3. The molecule has 28 heavy (non-hydrogen) atoms. The van der Waals surface area contributed by atoms with Crippen LogP contribution in [0.5, 0.6) is 0 Å². The lowest BCUT2D eigenvalue weighted by Crippen LogP contribution is -2.59. The molecule has 1 atom stereocenters. The second kappa shape index (κ2) is 6.50. The van der Waals surface area contributed by atoms with Crippen LogP contribution in [0.1, 0.15) is 29.7 Å². The van der Waals surface area contributed by atoms with Crippen molar-refractivity contribution in [1.82, 2.24) is 20.6 Å². The molecule has 1 fully saturated rings. The monoisotopic (exact) mass is 458 g/mol. The summed E-state index contributed by atoms with van der Waals surface area (Å²) in [4.78, 5) is 21.3. The zero-order valence-electron chi connectivity index (χ0n) is 15.0. The molecule has 8 heteroatoms. The molecule has 0 saturated carbocycles. The first-order valence-electron chi connectivity index (χ1n) is 9.26. The quantitative estimate of drug-likeness (QED) is 0.542. The number of thiophene rings is 1. The highest BCUT2D eigenvalue weighted by molar-refractivity contribution is 9.10. The summed E-state index contributed by atoms with van der Waals surface area (Å²) in [6.07, 6.45) is 3.11. The molecule has 144 valence electrons. The minimum Gasteiger partial charge on any atom is -0.465 e. The second-order valence-corrected chi connectivity index (χ2v) is 9.26. The molecule has 5 rings (SSSR count). The number of nitrogens with zero attached hydrogens (tertiary/aromatic N) is 2. The van der Waals surface area contributed by atoms with Gasteiger partial charge in [-0.2, -0.15) is 0 Å². The van der Waals surface area contributed by atoms with Gasteiger partial charge in [-0.3, -0.25) is 0 Å². The number of aromatic nitrogens is 2. The minimum absolute atomic E-state index is 0.266. The molecule has 1 unspecified atom stereocenters. The zero-order chi connectivity index (χ0) is 19.4. The highest BCUT2D eigenvalue weighted by Crippen LogP contribution is 2.59. The first kappa shape index (κ1) is 18.0. The largest absolute Gasteiger partial charge is 0.465 e. The summed E-state index contributed by atoms with van der Waals surface area (Å²) < 4.78 is 1.84. The van der Waals surface area contributed by atoms with E-state index in [0.29, 0.717) is 0 Å². The van der Waals surface area contributed by atoms with Crippen molar-refractivity contribution < 1.29 is 9.90 Å². The SMILES string of the molecule is O=C(O)NC1(c2ncnc3c(Br)csc23)c2ccccc2CC12CCNCC2. The third-order valence-corrected chi connectivity index (χ3v) is 8.15. The maximum absolute atomic E-state index is 12.1. The lowest BCUT2D eigenvalue weighted by molar-refractivity contribution is 0.0834. The number of amides is 1. The van der Waals surface area contributed by atoms with Gasteiger partial charge in [0, 0.05) is 10.8 Å². The van der Waals surface area contributed by atoms with Crippen LogP contribution in [0.15, 0.2) is 40.4 Å². The fraction of sp³-hybridized carbons (Fsp3) is 0.350. The molecule has 1 spiro atoms. The van der Waals surface area contributed by atoms with Gasteiger partial charge < -0.3 is 15.7 Å². The highest BCUT2D eigenvalue weighted by Gasteiger charge is 2.61. The van der Waals surface area contributed by atoms with Crippen molar-refractivity contribution in [2.24, 2.45) is 5.41 Å². The smallest absolute Gasteiger partial charge is 0.405 e. The normalized spacial score (nSPS) is 23.0. The molecule has 3 N–H and O–H groups in total. The zero-order valence-corrected chi connectivity index (χ0v) is 17.4.